The maximum Gasteiger partial charge on any atom is 0.242 e. The van der Waals surface area contributed by atoms with Crippen molar-refractivity contribution in [1.29, 1.82) is 0 Å². The summed E-state index contributed by atoms with van der Waals surface area (Å²) in [6.45, 7) is 5.18. The van der Waals surface area contributed by atoms with Gasteiger partial charge in [0.25, 0.3) is 0 Å². The molecular weight excluding hydrogens is 276 g/mol. The molecular formula is C17H22N4O. The lowest BCUT2D eigenvalue weighted by molar-refractivity contribution is -0.121. The summed E-state index contributed by atoms with van der Waals surface area (Å²) in [5.41, 5.74) is 1.70. The lowest BCUT2D eigenvalue weighted by Gasteiger charge is -2.38. The molecule has 2 N–H and O–H groups in total. The van der Waals surface area contributed by atoms with E-state index in [1.165, 1.54) is 0 Å². The molecule has 0 aliphatic carbocycles. The number of nitrogens with zero attached hydrogens (tertiary/aromatic N) is 2. The van der Waals surface area contributed by atoms with E-state index in [0.29, 0.717) is 0 Å². The zero-order valence-corrected chi connectivity index (χ0v) is 13.0. The van der Waals surface area contributed by atoms with Crippen LogP contribution in [0.2, 0.25) is 0 Å². The number of nitrogens with one attached hydrogen (secondary N) is 2. The van der Waals surface area contributed by atoms with Gasteiger partial charge in [-0.2, -0.15) is 5.10 Å². The summed E-state index contributed by atoms with van der Waals surface area (Å²) in [6, 6.07) is 9.44. The quantitative estimate of drug-likeness (QED) is 0.915. The van der Waals surface area contributed by atoms with Gasteiger partial charge >= 0.3 is 0 Å². The van der Waals surface area contributed by atoms with Crippen LogP contribution in [-0.4, -0.2) is 28.3 Å². The molecule has 1 aliphatic rings. The normalized spacial score (nSPS) is 20.5. The summed E-state index contributed by atoms with van der Waals surface area (Å²) in [6.07, 6.45) is 5.80. The number of rotatable bonds is 3. The van der Waals surface area contributed by atoms with Crippen LogP contribution in [0.4, 0.5) is 5.69 Å². The maximum absolute atomic E-state index is 12.6. The van der Waals surface area contributed by atoms with Crippen LogP contribution >= 0.6 is 0 Å². The average molecular weight is 298 g/mol. The summed E-state index contributed by atoms with van der Waals surface area (Å²) >= 11 is 0. The second-order valence-corrected chi connectivity index (χ2v) is 6.47. The molecule has 0 bridgehead atoms. The van der Waals surface area contributed by atoms with Gasteiger partial charge in [-0.15, -0.1) is 0 Å². The van der Waals surface area contributed by atoms with Crippen molar-refractivity contribution < 1.29 is 4.79 Å². The molecule has 22 heavy (non-hydrogen) atoms. The van der Waals surface area contributed by atoms with Crippen LogP contribution in [0.25, 0.3) is 5.69 Å². The van der Waals surface area contributed by atoms with Crippen LogP contribution in [0.15, 0.2) is 42.7 Å². The molecule has 2 aromatic rings. The van der Waals surface area contributed by atoms with Gasteiger partial charge in [-0.3, -0.25) is 4.79 Å². The predicted molar refractivity (Wildman–Crippen MR) is 87.0 cm³/mol. The van der Waals surface area contributed by atoms with Gasteiger partial charge in [-0.1, -0.05) is 19.9 Å². The fourth-order valence-corrected chi connectivity index (χ4v) is 3.02. The number of piperidine rings is 1. The van der Waals surface area contributed by atoms with Crippen molar-refractivity contribution in [2.75, 3.05) is 11.9 Å². The fraction of sp³-hybridized carbons (Fsp3) is 0.412. The summed E-state index contributed by atoms with van der Waals surface area (Å²) in [4.78, 5) is 12.6. The van der Waals surface area contributed by atoms with Crippen molar-refractivity contribution in [2.45, 2.75) is 32.7 Å². The van der Waals surface area contributed by atoms with Crippen molar-refractivity contribution in [1.82, 2.24) is 15.1 Å². The molecule has 3 rings (SSSR count). The molecule has 1 aromatic heterocycles. The fourth-order valence-electron chi connectivity index (χ4n) is 3.02. The number of anilines is 1. The van der Waals surface area contributed by atoms with Gasteiger partial charge in [0, 0.05) is 18.1 Å². The van der Waals surface area contributed by atoms with Crippen molar-refractivity contribution >= 4 is 11.6 Å². The second-order valence-electron chi connectivity index (χ2n) is 6.47. The molecule has 1 aliphatic heterocycles. The second kappa shape index (κ2) is 5.93. The van der Waals surface area contributed by atoms with E-state index in [1.807, 2.05) is 36.5 Å². The van der Waals surface area contributed by atoms with E-state index < -0.39 is 0 Å². The zero-order valence-electron chi connectivity index (χ0n) is 13.0. The first-order valence-corrected chi connectivity index (χ1v) is 7.71. The number of hydrogen-bond donors (Lipinski definition) is 2. The number of aromatic nitrogens is 2. The van der Waals surface area contributed by atoms with Crippen molar-refractivity contribution in [3.05, 3.63) is 42.7 Å². The molecule has 0 saturated carbocycles. The lowest BCUT2D eigenvalue weighted by Crippen LogP contribution is -2.53. The summed E-state index contributed by atoms with van der Waals surface area (Å²) < 4.78 is 1.78. The predicted octanol–water partition coefficient (Wildman–Crippen LogP) is 2.59. The third-order valence-electron chi connectivity index (χ3n) is 4.27. The molecule has 1 amide bonds. The summed E-state index contributed by atoms with van der Waals surface area (Å²) in [5.74, 6) is 0.0299. The van der Waals surface area contributed by atoms with E-state index >= 15 is 0 Å². The largest absolute Gasteiger partial charge is 0.325 e. The standard InChI is InChI=1S/C17H22N4O/c1-17(2)8-4-9-18-15(17)16(22)20-13-6-3-7-14(12-13)21-11-5-10-19-21/h3,5-7,10-12,15,18H,4,8-9H2,1-2H3,(H,20,22). The highest BCUT2D eigenvalue weighted by atomic mass is 16.2. The third kappa shape index (κ3) is 3.04. The maximum atomic E-state index is 12.6. The van der Waals surface area contributed by atoms with Crippen LogP contribution in [0.5, 0.6) is 0 Å². The number of benzene rings is 1. The highest BCUT2D eigenvalue weighted by Gasteiger charge is 2.37. The molecule has 1 saturated heterocycles. The number of hydrogen-bond acceptors (Lipinski definition) is 3. The molecule has 0 radical (unpaired) electrons. The minimum atomic E-state index is -0.158. The molecule has 1 unspecified atom stereocenters. The Morgan fingerprint density at radius 1 is 1.41 bits per heavy atom. The van der Waals surface area contributed by atoms with Crippen LogP contribution in [0, 0.1) is 5.41 Å². The molecule has 0 spiro atoms. The Labute approximate surface area is 130 Å². The number of carbonyl (C=O) groups is 1. The highest BCUT2D eigenvalue weighted by molar-refractivity contribution is 5.95. The molecule has 5 nitrogen and oxygen atoms in total. The Kier molecular flexibility index (Phi) is 3.98. The van der Waals surface area contributed by atoms with Gasteiger partial charge < -0.3 is 10.6 Å². The van der Waals surface area contributed by atoms with Crippen molar-refractivity contribution in [3.8, 4) is 5.69 Å². The van der Waals surface area contributed by atoms with Crippen LogP contribution < -0.4 is 10.6 Å². The Morgan fingerprint density at radius 3 is 3.00 bits per heavy atom. The molecule has 5 heteroatoms. The first kappa shape index (κ1) is 14.8. The smallest absolute Gasteiger partial charge is 0.242 e. The molecule has 1 fully saturated rings. The van der Waals surface area contributed by atoms with Crippen molar-refractivity contribution in [2.24, 2.45) is 5.41 Å². The first-order chi connectivity index (χ1) is 10.6. The molecule has 1 aromatic carbocycles. The van der Waals surface area contributed by atoms with Gasteiger partial charge in [0.15, 0.2) is 0 Å². The topological polar surface area (TPSA) is 59.0 Å². The number of amides is 1. The number of carbonyl (C=O) groups excluding carboxylic acids is 1. The van der Waals surface area contributed by atoms with E-state index in [9.17, 15) is 4.79 Å². The van der Waals surface area contributed by atoms with E-state index in [0.717, 1.165) is 30.8 Å². The van der Waals surface area contributed by atoms with E-state index in [-0.39, 0.29) is 17.4 Å². The zero-order chi connectivity index (χ0) is 15.6. The lowest BCUT2D eigenvalue weighted by atomic mass is 9.77. The van der Waals surface area contributed by atoms with E-state index in [2.05, 4.69) is 29.6 Å². The molecule has 116 valence electrons. The van der Waals surface area contributed by atoms with Gasteiger partial charge in [0.05, 0.1) is 11.7 Å². The van der Waals surface area contributed by atoms with Crippen molar-refractivity contribution in [3.63, 3.8) is 0 Å². The Hall–Kier alpha value is -2.14. The van der Waals surface area contributed by atoms with Gasteiger partial charge in [-0.05, 0) is 49.1 Å². The van der Waals surface area contributed by atoms with E-state index in [4.69, 9.17) is 0 Å². The van der Waals surface area contributed by atoms with Crippen LogP contribution in [-0.2, 0) is 4.79 Å². The van der Waals surface area contributed by atoms with Gasteiger partial charge in [0.2, 0.25) is 5.91 Å². The SMILES string of the molecule is CC1(C)CCCNC1C(=O)Nc1cccc(-n2cccn2)c1. The van der Waals surface area contributed by atoms with Gasteiger partial charge in [-0.25, -0.2) is 4.68 Å². The van der Waals surface area contributed by atoms with E-state index in [1.54, 1.807) is 10.9 Å². The van der Waals surface area contributed by atoms with Crippen LogP contribution in [0.3, 0.4) is 0 Å². The highest BCUT2D eigenvalue weighted by Crippen LogP contribution is 2.30. The molecule has 2 heterocycles. The Balaban J connectivity index is 1.75. The monoisotopic (exact) mass is 298 g/mol. The van der Waals surface area contributed by atoms with Crippen LogP contribution in [0.1, 0.15) is 26.7 Å². The Bertz CT molecular complexity index is 648. The minimum Gasteiger partial charge on any atom is -0.325 e. The summed E-state index contributed by atoms with van der Waals surface area (Å²) in [7, 11) is 0. The first-order valence-electron chi connectivity index (χ1n) is 7.71. The third-order valence-corrected chi connectivity index (χ3v) is 4.27. The van der Waals surface area contributed by atoms with Gasteiger partial charge in [0.1, 0.15) is 0 Å². The average Bonchev–Trinajstić information content (AvgIpc) is 3.01. The summed E-state index contributed by atoms with van der Waals surface area (Å²) in [5, 5.41) is 10.6. The molecule has 1 atom stereocenters. The Morgan fingerprint density at radius 2 is 2.27 bits per heavy atom. The minimum absolute atomic E-state index is 0.0259.